The second-order valence-electron chi connectivity index (χ2n) is 8.80. The van der Waals surface area contributed by atoms with Crippen molar-refractivity contribution in [1.29, 1.82) is 0 Å². The first-order chi connectivity index (χ1) is 21.2. The number of carbonyl (C=O) groups is 1. The van der Waals surface area contributed by atoms with Gasteiger partial charge in [-0.1, -0.05) is 36.3 Å². The number of hydrogen-bond donors (Lipinski definition) is 1. The number of amides is 1. The molecule has 0 aliphatic heterocycles. The number of nitrogens with one attached hydrogen (secondary N) is 1. The standard InChI is InChI=1S/C28H33N5O3S/c1-20-17-23(14-13-21(20)9-7-16-30-27(34)36-28(2,3)4)35-19-25-31-32-26(37-24-11-5-6-12-24)33(25)22-10-8-15-29-18-22/h8,10,13-15,17-18,24H,5-6,11-12,16,19H2,1-4H3,(H,30,34)/i5D2,6D2,11D2,12D2,24D. The summed E-state index contributed by atoms with van der Waals surface area (Å²) in [6.45, 7) is 7.05. The van der Waals surface area contributed by atoms with Crippen LogP contribution >= 0.6 is 11.8 Å². The molecule has 1 amide bonds. The summed E-state index contributed by atoms with van der Waals surface area (Å²) in [5.41, 5.74) is 1.26. The van der Waals surface area contributed by atoms with Crippen LogP contribution < -0.4 is 10.1 Å². The van der Waals surface area contributed by atoms with E-state index in [1.807, 2.05) is 6.92 Å². The van der Waals surface area contributed by atoms with E-state index < -0.39 is 42.4 Å². The van der Waals surface area contributed by atoms with Gasteiger partial charge in [-0.25, -0.2) is 4.79 Å². The summed E-state index contributed by atoms with van der Waals surface area (Å²) in [5.74, 6) is 6.49. The van der Waals surface area contributed by atoms with Gasteiger partial charge in [-0.15, -0.1) is 10.2 Å². The quantitative estimate of drug-likeness (QED) is 0.407. The second kappa shape index (κ2) is 12.2. The molecular weight excluding hydrogens is 486 g/mol. The number of hydrogen-bond acceptors (Lipinski definition) is 7. The molecule has 0 spiro atoms. The highest BCUT2D eigenvalue weighted by Gasteiger charge is 2.22. The van der Waals surface area contributed by atoms with Crippen LogP contribution in [0.2, 0.25) is 0 Å². The number of pyridine rings is 1. The monoisotopic (exact) mass is 528 g/mol. The molecule has 2 aromatic heterocycles. The summed E-state index contributed by atoms with van der Waals surface area (Å²) < 4.78 is 87.4. The van der Waals surface area contributed by atoms with E-state index in [9.17, 15) is 4.79 Å². The van der Waals surface area contributed by atoms with Crippen LogP contribution in [-0.4, -0.2) is 43.2 Å². The first kappa shape index (κ1) is 17.1. The second-order valence-corrected chi connectivity index (χ2v) is 9.78. The van der Waals surface area contributed by atoms with Crippen molar-refractivity contribution >= 4 is 17.9 Å². The van der Waals surface area contributed by atoms with Crippen molar-refractivity contribution in [3.05, 3.63) is 59.7 Å². The van der Waals surface area contributed by atoms with Crippen LogP contribution in [0.3, 0.4) is 0 Å². The molecule has 194 valence electrons. The van der Waals surface area contributed by atoms with Crippen molar-refractivity contribution < 1.29 is 26.6 Å². The Balaban J connectivity index is 1.56. The molecule has 0 unspecified atom stereocenters. The predicted molar refractivity (Wildman–Crippen MR) is 144 cm³/mol. The normalized spacial score (nSPS) is 23.5. The minimum absolute atomic E-state index is 0.0921. The van der Waals surface area contributed by atoms with Gasteiger partial charge in [0.25, 0.3) is 0 Å². The molecule has 8 nitrogen and oxygen atoms in total. The summed E-state index contributed by atoms with van der Waals surface area (Å²) in [5, 5.41) is 7.58. The van der Waals surface area contributed by atoms with Gasteiger partial charge < -0.3 is 14.8 Å². The smallest absolute Gasteiger partial charge is 0.408 e. The Morgan fingerprint density at radius 3 is 2.81 bits per heavy atom. The third-order valence-corrected chi connectivity index (χ3v) is 5.58. The average Bonchev–Trinajstić information content (AvgIpc) is 3.37. The van der Waals surface area contributed by atoms with Crippen LogP contribution in [0.25, 0.3) is 5.69 Å². The van der Waals surface area contributed by atoms with Gasteiger partial charge in [0, 0.05) is 29.3 Å². The summed E-state index contributed by atoms with van der Waals surface area (Å²) >= 11 is 0.247. The maximum atomic E-state index is 11.8. The molecule has 1 aliphatic rings. The van der Waals surface area contributed by atoms with E-state index in [2.05, 4.69) is 32.3 Å². The molecule has 1 fully saturated rings. The number of benzene rings is 1. The van der Waals surface area contributed by atoms with Gasteiger partial charge in [-0.3, -0.25) is 9.55 Å². The fourth-order valence-corrected chi connectivity index (χ4v) is 3.91. The summed E-state index contributed by atoms with van der Waals surface area (Å²) in [7, 11) is 0. The number of aromatic nitrogens is 4. The lowest BCUT2D eigenvalue weighted by Crippen LogP contribution is -2.32. The topological polar surface area (TPSA) is 91.2 Å². The molecule has 0 bridgehead atoms. The molecule has 3 aromatic rings. The Morgan fingerprint density at radius 1 is 1.30 bits per heavy atom. The van der Waals surface area contributed by atoms with E-state index in [1.54, 1.807) is 51.1 Å². The molecule has 1 N–H and O–H groups in total. The lowest BCUT2D eigenvalue weighted by molar-refractivity contribution is 0.0535. The average molecular weight is 529 g/mol. The molecule has 1 aromatic carbocycles. The van der Waals surface area contributed by atoms with E-state index >= 15 is 0 Å². The van der Waals surface area contributed by atoms with E-state index in [0.717, 1.165) is 5.56 Å². The fourth-order valence-electron chi connectivity index (χ4n) is 3.14. The number of thioether (sulfide) groups is 1. The lowest BCUT2D eigenvalue weighted by atomic mass is 10.1. The zero-order chi connectivity index (χ0) is 34.3. The SMILES string of the molecule is [2H]C1([2H])C([2H])([2H])C([2H])([2H])C([2H])(Sc2nnc(COc3ccc(C#CCNC(=O)OC(C)(C)C)c(C)c3)n2-c2cccnc2)C1([2H])[2H]. The van der Waals surface area contributed by atoms with Crippen LogP contribution in [0.4, 0.5) is 4.79 Å². The van der Waals surface area contributed by atoms with Gasteiger partial charge >= 0.3 is 6.09 Å². The van der Waals surface area contributed by atoms with E-state index in [4.69, 9.17) is 21.8 Å². The van der Waals surface area contributed by atoms with Crippen LogP contribution in [0.5, 0.6) is 5.75 Å². The number of nitrogens with zero attached hydrogens (tertiary/aromatic N) is 4. The highest BCUT2D eigenvalue weighted by atomic mass is 32.2. The van der Waals surface area contributed by atoms with Gasteiger partial charge in [0.15, 0.2) is 11.0 Å². The zero-order valence-electron chi connectivity index (χ0n) is 29.9. The summed E-state index contributed by atoms with van der Waals surface area (Å²) in [6.07, 6.45) is -10.9. The fraction of sp³-hybridized carbons (Fsp3) is 0.429. The predicted octanol–water partition coefficient (Wildman–Crippen LogP) is 5.46. The molecule has 2 heterocycles. The first-order valence-electron chi connectivity index (χ1n) is 15.9. The minimum Gasteiger partial charge on any atom is -0.486 e. The molecule has 1 saturated carbocycles. The van der Waals surface area contributed by atoms with E-state index in [0.29, 0.717) is 17.0 Å². The number of alkyl carbamates (subject to hydrolysis) is 1. The van der Waals surface area contributed by atoms with Crippen LogP contribution in [0, 0.1) is 18.8 Å². The Labute approximate surface area is 235 Å². The number of carbonyl (C=O) groups excluding carboxylic acids is 1. The molecule has 0 radical (unpaired) electrons. The molecule has 4 rings (SSSR count). The molecule has 1 aliphatic carbocycles. The maximum absolute atomic E-state index is 11.8. The van der Waals surface area contributed by atoms with Gasteiger partial charge in [0.2, 0.25) is 0 Å². The van der Waals surface area contributed by atoms with Crippen molar-refractivity contribution in [1.82, 2.24) is 25.1 Å². The van der Waals surface area contributed by atoms with Gasteiger partial charge in [-0.05, 0) is 76.3 Å². The summed E-state index contributed by atoms with van der Waals surface area (Å²) in [6, 6.07) is 8.42. The Bertz CT molecular complexity index is 1640. The van der Waals surface area contributed by atoms with E-state index in [1.165, 1.54) is 17.0 Å². The highest BCUT2D eigenvalue weighted by molar-refractivity contribution is 7.99. The van der Waals surface area contributed by atoms with Crippen molar-refractivity contribution in [3.63, 3.8) is 0 Å². The third-order valence-electron chi connectivity index (χ3n) is 4.72. The molecule has 9 heteroatoms. The molecule has 37 heavy (non-hydrogen) atoms. The molecular formula is C28H33N5O3S. The Morgan fingerprint density at radius 2 is 2.11 bits per heavy atom. The van der Waals surface area contributed by atoms with Crippen molar-refractivity contribution in [2.75, 3.05) is 6.54 Å². The Kier molecular flexibility index (Phi) is 5.61. The molecule has 0 atom stereocenters. The van der Waals surface area contributed by atoms with Crippen molar-refractivity contribution in [2.24, 2.45) is 0 Å². The van der Waals surface area contributed by atoms with Gasteiger partial charge in [0.1, 0.15) is 18.0 Å². The number of ether oxygens (including phenoxy) is 2. The van der Waals surface area contributed by atoms with Crippen LogP contribution in [-0.2, 0) is 11.3 Å². The first-order valence-corrected chi connectivity index (χ1v) is 12.2. The van der Waals surface area contributed by atoms with Crippen LogP contribution in [0.1, 0.15) is 75.6 Å². The van der Waals surface area contributed by atoms with Crippen molar-refractivity contribution in [2.45, 2.75) is 75.8 Å². The lowest BCUT2D eigenvalue weighted by Gasteiger charge is -2.19. The highest BCUT2D eigenvalue weighted by Crippen LogP contribution is 2.35. The van der Waals surface area contributed by atoms with Crippen molar-refractivity contribution in [3.8, 4) is 23.3 Å². The number of aryl methyl sites for hydroxylation is 1. The zero-order valence-corrected chi connectivity index (χ0v) is 21.7. The maximum Gasteiger partial charge on any atom is 0.408 e. The Hall–Kier alpha value is -3.51. The number of rotatable bonds is 7. The molecule has 0 saturated heterocycles. The third kappa shape index (κ3) is 7.73. The summed E-state index contributed by atoms with van der Waals surface area (Å²) in [4.78, 5) is 15.9. The minimum atomic E-state index is -3.34. The van der Waals surface area contributed by atoms with E-state index in [-0.39, 0.29) is 35.9 Å². The largest absolute Gasteiger partial charge is 0.486 e. The van der Waals surface area contributed by atoms with Crippen LogP contribution in [0.15, 0.2) is 47.9 Å². The van der Waals surface area contributed by atoms with Gasteiger partial charge in [-0.2, -0.15) is 0 Å². The van der Waals surface area contributed by atoms with Gasteiger partial charge in [0.05, 0.1) is 18.4 Å².